The molecule has 0 N–H and O–H groups in total. The highest BCUT2D eigenvalue weighted by Crippen LogP contribution is 2.38. The van der Waals surface area contributed by atoms with Crippen molar-refractivity contribution in [3.05, 3.63) is 29.8 Å². The molecule has 80 valence electrons. The summed E-state index contributed by atoms with van der Waals surface area (Å²) in [5.74, 6) is -0.412. The molecule has 1 aromatic carbocycles. The number of carbonyl (C=O) groups is 1. The standard InChI is InChI=1S/C12H10N2O2/c1-16-11(15)6-12(7-13)8-14-10-5-3-2-4-9(10)12/h2-5,8H,6H2,1H3. The van der Waals surface area contributed by atoms with Gasteiger partial charge < -0.3 is 4.74 Å². The molecule has 1 aliphatic heterocycles. The molecule has 16 heavy (non-hydrogen) atoms. The smallest absolute Gasteiger partial charge is 0.307 e. The number of carbonyl (C=O) groups excluding carboxylic acids is 1. The largest absolute Gasteiger partial charge is 0.469 e. The van der Waals surface area contributed by atoms with E-state index in [4.69, 9.17) is 0 Å². The Morgan fingerprint density at radius 2 is 2.31 bits per heavy atom. The highest BCUT2D eigenvalue weighted by Gasteiger charge is 2.39. The molecule has 1 heterocycles. The summed E-state index contributed by atoms with van der Waals surface area (Å²) in [6.07, 6.45) is 1.52. The van der Waals surface area contributed by atoms with E-state index in [1.54, 1.807) is 0 Å². The number of para-hydroxylation sites is 1. The SMILES string of the molecule is COC(=O)CC1(C#N)C=Nc2ccccc21. The summed E-state index contributed by atoms with van der Waals surface area (Å²) in [5, 5.41) is 9.26. The Hall–Kier alpha value is -2.15. The minimum absolute atomic E-state index is 0.000509. The number of ether oxygens (including phenoxy) is 1. The molecular formula is C12H10N2O2. The molecule has 1 unspecified atom stereocenters. The zero-order valence-corrected chi connectivity index (χ0v) is 8.80. The van der Waals surface area contributed by atoms with Gasteiger partial charge in [0.1, 0.15) is 5.41 Å². The number of fused-ring (bicyclic) bond motifs is 1. The number of hydrogen-bond acceptors (Lipinski definition) is 4. The van der Waals surface area contributed by atoms with Gasteiger partial charge in [-0.05, 0) is 6.07 Å². The molecule has 0 aromatic heterocycles. The third kappa shape index (κ3) is 1.47. The lowest BCUT2D eigenvalue weighted by Crippen LogP contribution is -2.27. The van der Waals surface area contributed by atoms with Crippen molar-refractivity contribution in [2.24, 2.45) is 4.99 Å². The van der Waals surface area contributed by atoms with E-state index >= 15 is 0 Å². The van der Waals surface area contributed by atoms with Gasteiger partial charge in [0.15, 0.2) is 0 Å². The average Bonchev–Trinajstić information content (AvgIpc) is 2.69. The Morgan fingerprint density at radius 1 is 1.56 bits per heavy atom. The molecule has 1 atom stereocenters. The van der Waals surface area contributed by atoms with Crippen LogP contribution in [0, 0.1) is 11.3 Å². The Labute approximate surface area is 93.2 Å². The van der Waals surface area contributed by atoms with Crippen LogP contribution in [-0.4, -0.2) is 19.3 Å². The number of aliphatic imine (C=N–C) groups is 1. The Balaban J connectivity index is 2.43. The zero-order valence-electron chi connectivity index (χ0n) is 8.80. The van der Waals surface area contributed by atoms with Gasteiger partial charge in [-0.3, -0.25) is 9.79 Å². The lowest BCUT2D eigenvalue weighted by atomic mass is 9.81. The Kier molecular flexibility index (Phi) is 2.45. The number of nitrogens with zero attached hydrogens (tertiary/aromatic N) is 2. The topological polar surface area (TPSA) is 62.5 Å². The van der Waals surface area contributed by atoms with E-state index in [1.165, 1.54) is 13.3 Å². The number of methoxy groups -OCH3 is 1. The van der Waals surface area contributed by atoms with E-state index in [0.717, 1.165) is 11.3 Å². The number of esters is 1. The number of rotatable bonds is 2. The van der Waals surface area contributed by atoms with Gasteiger partial charge in [0.25, 0.3) is 0 Å². The third-order valence-electron chi connectivity index (χ3n) is 2.66. The summed E-state index contributed by atoms with van der Waals surface area (Å²) in [6.45, 7) is 0. The van der Waals surface area contributed by atoms with E-state index in [9.17, 15) is 10.1 Å². The van der Waals surface area contributed by atoms with Crippen LogP contribution in [0.3, 0.4) is 0 Å². The van der Waals surface area contributed by atoms with Gasteiger partial charge in [0.05, 0.1) is 25.3 Å². The fourth-order valence-electron chi connectivity index (χ4n) is 1.78. The normalized spacial score (nSPS) is 21.2. The minimum atomic E-state index is -0.969. The molecule has 4 nitrogen and oxygen atoms in total. The van der Waals surface area contributed by atoms with Crippen LogP contribution in [0.15, 0.2) is 29.3 Å². The van der Waals surface area contributed by atoms with Gasteiger partial charge in [-0.2, -0.15) is 5.26 Å². The van der Waals surface area contributed by atoms with Gasteiger partial charge in [-0.15, -0.1) is 0 Å². The van der Waals surface area contributed by atoms with Crippen LogP contribution in [0.2, 0.25) is 0 Å². The van der Waals surface area contributed by atoms with Crippen LogP contribution in [0.1, 0.15) is 12.0 Å². The second-order valence-electron chi connectivity index (χ2n) is 3.61. The molecule has 2 rings (SSSR count). The van der Waals surface area contributed by atoms with Crippen molar-refractivity contribution in [2.75, 3.05) is 7.11 Å². The molecule has 0 radical (unpaired) electrons. The molecule has 4 heteroatoms. The van der Waals surface area contributed by atoms with E-state index in [0.29, 0.717) is 0 Å². The quantitative estimate of drug-likeness (QED) is 0.704. The maximum Gasteiger partial charge on any atom is 0.307 e. The summed E-state index contributed by atoms with van der Waals surface area (Å²) in [4.78, 5) is 15.5. The number of benzene rings is 1. The Bertz CT molecular complexity index is 502. The van der Waals surface area contributed by atoms with Crippen molar-refractivity contribution in [1.82, 2.24) is 0 Å². The molecule has 0 saturated heterocycles. The molecule has 0 bridgehead atoms. The zero-order chi connectivity index (χ0) is 11.6. The summed E-state index contributed by atoms with van der Waals surface area (Å²) in [5.41, 5.74) is 0.541. The second-order valence-corrected chi connectivity index (χ2v) is 3.61. The monoisotopic (exact) mass is 214 g/mol. The highest BCUT2D eigenvalue weighted by atomic mass is 16.5. The van der Waals surface area contributed by atoms with Gasteiger partial charge in [0, 0.05) is 11.8 Å². The van der Waals surface area contributed by atoms with Crippen LogP contribution < -0.4 is 0 Å². The lowest BCUT2D eigenvalue weighted by molar-refractivity contribution is -0.141. The molecule has 0 aliphatic carbocycles. The molecular weight excluding hydrogens is 204 g/mol. The summed E-state index contributed by atoms with van der Waals surface area (Å²) in [7, 11) is 1.31. The second kappa shape index (κ2) is 3.78. The first kappa shape index (κ1) is 10.4. The van der Waals surface area contributed by atoms with Crippen LogP contribution in [0.25, 0.3) is 0 Å². The van der Waals surface area contributed by atoms with Crippen molar-refractivity contribution in [1.29, 1.82) is 5.26 Å². The maximum atomic E-state index is 11.3. The van der Waals surface area contributed by atoms with Crippen LogP contribution in [0.4, 0.5) is 5.69 Å². The maximum absolute atomic E-state index is 11.3. The number of nitriles is 1. The molecule has 0 fully saturated rings. The van der Waals surface area contributed by atoms with Crippen molar-refractivity contribution >= 4 is 17.9 Å². The lowest BCUT2D eigenvalue weighted by Gasteiger charge is -2.17. The molecule has 1 aromatic rings. The average molecular weight is 214 g/mol. The van der Waals surface area contributed by atoms with E-state index in [1.807, 2.05) is 24.3 Å². The first-order valence-corrected chi connectivity index (χ1v) is 4.85. The van der Waals surface area contributed by atoms with Gasteiger partial charge in [-0.25, -0.2) is 0 Å². The third-order valence-corrected chi connectivity index (χ3v) is 2.66. The first-order valence-electron chi connectivity index (χ1n) is 4.85. The van der Waals surface area contributed by atoms with E-state index in [2.05, 4.69) is 15.8 Å². The fourth-order valence-corrected chi connectivity index (χ4v) is 1.78. The molecule has 0 spiro atoms. The van der Waals surface area contributed by atoms with E-state index in [-0.39, 0.29) is 6.42 Å². The molecule has 1 aliphatic rings. The van der Waals surface area contributed by atoms with Crippen LogP contribution in [-0.2, 0) is 14.9 Å². The Morgan fingerprint density at radius 3 is 3.00 bits per heavy atom. The summed E-state index contributed by atoms with van der Waals surface area (Å²) in [6, 6.07) is 9.46. The van der Waals surface area contributed by atoms with Crippen molar-refractivity contribution in [2.45, 2.75) is 11.8 Å². The van der Waals surface area contributed by atoms with Crippen LogP contribution in [0.5, 0.6) is 0 Å². The predicted molar refractivity (Wildman–Crippen MR) is 58.5 cm³/mol. The molecule has 0 saturated carbocycles. The first-order chi connectivity index (χ1) is 7.72. The van der Waals surface area contributed by atoms with Gasteiger partial charge in [-0.1, -0.05) is 18.2 Å². The molecule has 0 amide bonds. The van der Waals surface area contributed by atoms with Crippen molar-refractivity contribution in [3.8, 4) is 6.07 Å². The predicted octanol–water partition coefficient (Wildman–Crippen LogP) is 1.73. The highest BCUT2D eigenvalue weighted by molar-refractivity contribution is 5.92. The van der Waals surface area contributed by atoms with Crippen molar-refractivity contribution < 1.29 is 9.53 Å². The van der Waals surface area contributed by atoms with Gasteiger partial charge >= 0.3 is 5.97 Å². The fraction of sp³-hybridized carbons (Fsp3) is 0.250. The minimum Gasteiger partial charge on any atom is -0.469 e. The summed E-state index contributed by atoms with van der Waals surface area (Å²) >= 11 is 0. The van der Waals surface area contributed by atoms with Crippen LogP contribution >= 0.6 is 0 Å². The number of hydrogen-bond donors (Lipinski definition) is 0. The van der Waals surface area contributed by atoms with E-state index < -0.39 is 11.4 Å². The summed E-state index contributed by atoms with van der Waals surface area (Å²) < 4.78 is 4.60. The van der Waals surface area contributed by atoms with Gasteiger partial charge in [0.2, 0.25) is 0 Å². The van der Waals surface area contributed by atoms with Crippen molar-refractivity contribution in [3.63, 3.8) is 0 Å².